The smallest absolute Gasteiger partial charge is 0.257 e. The van der Waals surface area contributed by atoms with Gasteiger partial charge in [0, 0.05) is 25.5 Å². The molecule has 0 fully saturated rings. The number of nitrogens with zero attached hydrogens (tertiary/aromatic N) is 1. The molecule has 0 aliphatic heterocycles. The molecule has 4 heteroatoms. The predicted octanol–water partition coefficient (Wildman–Crippen LogP) is 3.23. The van der Waals surface area contributed by atoms with E-state index in [0.29, 0.717) is 12.3 Å². The van der Waals surface area contributed by atoms with E-state index in [9.17, 15) is 4.79 Å². The summed E-state index contributed by atoms with van der Waals surface area (Å²) in [7, 11) is 0. The minimum absolute atomic E-state index is 0.0435. The molecule has 0 saturated carbocycles. The maximum atomic E-state index is 11.8. The third kappa shape index (κ3) is 4.36. The Morgan fingerprint density at radius 2 is 1.78 bits per heavy atom. The van der Waals surface area contributed by atoms with E-state index in [2.05, 4.69) is 16.0 Å². The summed E-state index contributed by atoms with van der Waals surface area (Å²) >= 11 is 0. The number of hydrogen-bond donors (Lipinski definition) is 1. The quantitative estimate of drug-likeness (QED) is 0.681. The van der Waals surface area contributed by atoms with Gasteiger partial charge in [0.05, 0.1) is 0 Å². The van der Waals surface area contributed by atoms with Crippen LogP contribution < -0.4 is 10.1 Å². The lowest BCUT2D eigenvalue weighted by Gasteiger charge is -2.08. The molecule has 3 rings (SSSR count). The summed E-state index contributed by atoms with van der Waals surface area (Å²) in [6.07, 6.45) is 4.94. The number of amides is 1. The van der Waals surface area contributed by atoms with E-state index in [0.717, 1.165) is 23.7 Å². The first-order valence-corrected chi connectivity index (χ1v) is 7.80. The Morgan fingerprint density at radius 1 is 1.00 bits per heavy atom. The van der Waals surface area contributed by atoms with Crippen molar-refractivity contribution in [1.29, 1.82) is 0 Å². The van der Waals surface area contributed by atoms with E-state index in [1.54, 1.807) is 0 Å². The van der Waals surface area contributed by atoms with E-state index in [1.807, 2.05) is 60.9 Å². The molecule has 1 amide bonds. The second kappa shape index (κ2) is 7.49. The van der Waals surface area contributed by atoms with Gasteiger partial charge in [-0.25, -0.2) is 0 Å². The number of ether oxygens (including phenoxy) is 1. The van der Waals surface area contributed by atoms with Crippen molar-refractivity contribution in [2.75, 3.05) is 13.2 Å². The minimum atomic E-state index is -0.0920. The Kier molecular flexibility index (Phi) is 4.94. The molecule has 2 aromatic carbocycles. The van der Waals surface area contributed by atoms with Crippen LogP contribution in [0, 0.1) is 0 Å². The molecule has 0 saturated heterocycles. The fourth-order valence-corrected chi connectivity index (χ4v) is 2.47. The van der Waals surface area contributed by atoms with Crippen molar-refractivity contribution in [3.63, 3.8) is 0 Å². The summed E-state index contributed by atoms with van der Waals surface area (Å²) in [6, 6.07) is 17.9. The van der Waals surface area contributed by atoms with Gasteiger partial charge in [-0.15, -0.1) is 0 Å². The molecular weight excluding hydrogens is 288 g/mol. The summed E-state index contributed by atoms with van der Waals surface area (Å²) in [6.45, 7) is 1.60. The molecular formula is C19H20N2O2. The van der Waals surface area contributed by atoms with Crippen LogP contribution in [0.1, 0.15) is 6.42 Å². The van der Waals surface area contributed by atoms with Gasteiger partial charge in [0.15, 0.2) is 6.61 Å². The van der Waals surface area contributed by atoms with Crippen LogP contribution in [0.4, 0.5) is 0 Å². The Morgan fingerprint density at radius 3 is 2.61 bits per heavy atom. The van der Waals surface area contributed by atoms with E-state index in [4.69, 9.17) is 4.74 Å². The highest BCUT2D eigenvalue weighted by Gasteiger charge is 2.03. The van der Waals surface area contributed by atoms with Gasteiger partial charge >= 0.3 is 0 Å². The van der Waals surface area contributed by atoms with Crippen molar-refractivity contribution in [3.8, 4) is 5.75 Å². The van der Waals surface area contributed by atoms with Gasteiger partial charge in [-0.2, -0.15) is 0 Å². The Hall–Kier alpha value is -2.75. The van der Waals surface area contributed by atoms with Crippen molar-refractivity contribution < 1.29 is 9.53 Å². The van der Waals surface area contributed by atoms with E-state index in [1.165, 1.54) is 0 Å². The second-order valence-corrected chi connectivity index (χ2v) is 5.42. The number of fused-ring (bicyclic) bond motifs is 1. The van der Waals surface area contributed by atoms with Gasteiger partial charge in [0.25, 0.3) is 5.91 Å². The first kappa shape index (κ1) is 15.2. The summed E-state index contributed by atoms with van der Waals surface area (Å²) < 4.78 is 7.66. The minimum Gasteiger partial charge on any atom is -0.484 e. The summed E-state index contributed by atoms with van der Waals surface area (Å²) in [4.78, 5) is 11.8. The fraction of sp³-hybridized carbons (Fsp3) is 0.211. The van der Waals surface area contributed by atoms with Crippen LogP contribution in [0.25, 0.3) is 10.8 Å². The molecule has 0 bridgehead atoms. The lowest BCUT2D eigenvalue weighted by atomic mass is 10.1. The SMILES string of the molecule is O=C(COc1ccc2ccccc2c1)NCCCn1cccc1. The lowest BCUT2D eigenvalue weighted by Crippen LogP contribution is -2.30. The second-order valence-electron chi connectivity index (χ2n) is 5.42. The normalized spacial score (nSPS) is 10.6. The fourth-order valence-electron chi connectivity index (χ4n) is 2.47. The van der Waals surface area contributed by atoms with Crippen molar-refractivity contribution in [1.82, 2.24) is 9.88 Å². The van der Waals surface area contributed by atoms with E-state index >= 15 is 0 Å². The Balaban J connectivity index is 1.41. The van der Waals surface area contributed by atoms with Crippen molar-refractivity contribution in [2.24, 2.45) is 0 Å². The number of aryl methyl sites for hydroxylation is 1. The van der Waals surface area contributed by atoms with Gasteiger partial charge in [-0.1, -0.05) is 30.3 Å². The summed E-state index contributed by atoms with van der Waals surface area (Å²) in [5, 5.41) is 5.15. The molecule has 4 nitrogen and oxygen atoms in total. The zero-order chi connectivity index (χ0) is 15.9. The summed E-state index contributed by atoms with van der Waals surface area (Å²) in [5.74, 6) is 0.622. The Labute approximate surface area is 135 Å². The third-order valence-corrected chi connectivity index (χ3v) is 3.67. The van der Waals surface area contributed by atoms with Gasteiger partial charge in [0.1, 0.15) is 5.75 Å². The first-order valence-electron chi connectivity index (χ1n) is 7.80. The highest BCUT2D eigenvalue weighted by Crippen LogP contribution is 2.20. The van der Waals surface area contributed by atoms with Gasteiger partial charge in [0.2, 0.25) is 0 Å². The van der Waals surface area contributed by atoms with Crippen LogP contribution in [0.5, 0.6) is 5.75 Å². The monoisotopic (exact) mass is 308 g/mol. The number of rotatable bonds is 7. The van der Waals surface area contributed by atoms with Crippen LogP contribution in [0.3, 0.4) is 0 Å². The zero-order valence-corrected chi connectivity index (χ0v) is 12.9. The van der Waals surface area contributed by atoms with E-state index < -0.39 is 0 Å². The predicted molar refractivity (Wildman–Crippen MR) is 91.5 cm³/mol. The maximum absolute atomic E-state index is 11.8. The average Bonchev–Trinajstić information content (AvgIpc) is 3.10. The Bertz CT molecular complexity index is 766. The average molecular weight is 308 g/mol. The van der Waals surface area contributed by atoms with Crippen LogP contribution in [0.15, 0.2) is 67.0 Å². The molecule has 3 aromatic rings. The molecule has 0 radical (unpaired) electrons. The zero-order valence-electron chi connectivity index (χ0n) is 12.9. The molecule has 0 aliphatic carbocycles. The number of carbonyl (C=O) groups excluding carboxylic acids is 1. The van der Waals surface area contributed by atoms with Gasteiger partial charge in [-0.3, -0.25) is 4.79 Å². The number of hydrogen-bond acceptors (Lipinski definition) is 2. The third-order valence-electron chi connectivity index (χ3n) is 3.67. The number of benzene rings is 2. The van der Waals surface area contributed by atoms with Crippen LogP contribution >= 0.6 is 0 Å². The lowest BCUT2D eigenvalue weighted by molar-refractivity contribution is -0.123. The van der Waals surface area contributed by atoms with Crippen LogP contribution in [-0.4, -0.2) is 23.6 Å². The summed E-state index contributed by atoms with van der Waals surface area (Å²) in [5.41, 5.74) is 0. The maximum Gasteiger partial charge on any atom is 0.257 e. The van der Waals surface area contributed by atoms with Crippen molar-refractivity contribution in [3.05, 3.63) is 67.0 Å². The molecule has 1 heterocycles. The number of aromatic nitrogens is 1. The van der Waals surface area contributed by atoms with Crippen LogP contribution in [-0.2, 0) is 11.3 Å². The largest absolute Gasteiger partial charge is 0.484 e. The number of carbonyl (C=O) groups is 1. The van der Waals surface area contributed by atoms with Gasteiger partial charge in [-0.05, 0) is 41.5 Å². The topological polar surface area (TPSA) is 43.3 Å². The molecule has 0 unspecified atom stereocenters. The van der Waals surface area contributed by atoms with Crippen LogP contribution in [0.2, 0.25) is 0 Å². The van der Waals surface area contributed by atoms with Crippen molar-refractivity contribution in [2.45, 2.75) is 13.0 Å². The molecule has 1 N–H and O–H groups in total. The molecule has 0 spiro atoms. The molecule has 0 aliphatic rings. The highest BCUT2D eigenvalue weighted by molar-refractivity contribution is 5.84. The molecule has 0 atom stereocenters. The van der Waals surface area contributed by atoms with Crippen molar-refractivity contribution >= 4 is 16.7 Å². The van der Waals surface area contributed by atoms with Gasteiger partial charge < -0.3 is 14.6 Å². The highest BCUT2D eigenvalue weighted by atomic mass is 16.5. The molecule has 1 aromatic heterocycles. The molecule has 118 valence electrons. The first-order chi connectivity index (χ1) is 11.3. The molecule has 23 heavy (non-hydrogen) atoms. The standard InChI is InChI=1S/C19H20N2O2/c22-19(20-10-5-13-21-11-3-4-12-21)15-23-18-9-8-16-6-1-2-7-17(16)14-18/h1-4,6-9,11-12,14H,5,10,13,15H2,(H,20,22). The number of nitrogens with one attached hydrogen (secondary N) is 1. The van der Waals surface area contributed by atoms with E-state index in [-0.39, 0.29) is 12.5 Å².